The minimum Gasteiger partial charge on any atom is -0.307 e. The van der Waals surface area contributed by atoms with Crippen LogP contribution in [0.3, 0.4) is 0 Å². The Morgan fingerprint density at radius 2 is 1.95 bits per heavy atom. The van der Waals surface area contributed by atoms with Gasteiger partial charge in [-0.05, 0) is 56.4 Å². The van der Waals surface area contributed by atoms with Gasteiger partial charge in [-0.15, -0.1) is 0 Å². The summed E-state index contributed by atoms with van der Waals surface area (Å²) in [6, 6.07) is 6.03. The minimum absolute atomic E-state index is 0.0672. The Bertz CT molecular complexity index is 902. The van der Waals surface area contributed by atoms with Crippen LogP contribution in [0.1, 0.15) is 29.8 Å². The number of aryl methyl sites for hydroxylation is 4. The van der Waals surface area contributed by atoms with Crippen molar-refractivity contribution in [2.24, 2.45) is 7.05 Å². The third kappa shape index (κ3) is 1.42. The van der Waals surface area contributed by atoms with Gasteiger partial charge >= 0.3 is 0 Å². The molecule has 0 atom stereocenters. The number of hydrogen-bond acceptors (Lipinski definition) is 2. The smallest absolute Gasteiger partial charge is 0.275 e. The molecule has 0 fully saturated rings. The summed E-state index contributed by atoms with van der Waals surface area (Å²) < 4.78 is 3.81. The number of aromatic nitrogens is 3. The molecule has 0 bridgehead atoms. The van der Waals surface area contributed by atoms with Gasteiger partial charge in [-0.3, -0.25) is 9.20 Å². The summed E-state index contributed by atoms with van der Waals surface area (Å²) in [4.78, 5) is 17.2. The highest BCUT2D eigenvalue weighted by Gasteiger charge is 2.19. The van der Waals surface area contributed by atoms with Gasteiger partial charge in [-0.1, -0.05) is 0 Å². The van der Waals surface area contributed by atoms with Crippen LogP contribution in [0.25, 0.3) is 16.7 Å². The maximum Gasteiger partial charge on any atom is 0.275 e. The molecule has 0 spiro atoms. The molecule has 0 aliphatic heterocycles. The summed E-state index contributed by atoms with van der Waals surface area (Å²) in [5.74, 6) is 0. The van der Waals surface area contributed by atoms with Crippen LogP contribution in [-0.4, -0.2) is 14.0 Å². The average molecular weight is 267 g/mol. The first-order chi connectivity index (χ1) is 9.66. The van der Waals surface area contributed by atoms with Crippen molar-refractivity contribution in [2.45, 2.75) is 32.6 Å². The zero-order valence-electron chi connectivity index (χ0n) is 11.8. The molecular weight excluding hydrogens is 250 g/mol. The van der Waals surface area contributed by atoms with Crippen LogP contribution >= 0.6 is 0 Å². The van der Waals surface area contributed by atoms with Gasteiger partial charge in [-0.2, -0.15) is 0 Å². The van der Waals surface area contributed by atoms with E-state index in [1.165, 1.54) is 24.1 Å². The predicted octanol–water partition coefficient (Wildman–Crippen LogP) is 2.37. The van der Waals surface area contributed by atoms with E-state index >= 15 is 0 Å². The highest BCUT2D eigenvalue weighted by molar-refractivity contribution is 5.76. The van der Waals surface area contributed by atoms with Gasteiger partial charge in [0.25, 0.3) is 5.56 Å². The third-order valence-corrected chi connectivity index (χ3v) is 4.39. The van der Waals surface area contributed by atoms with Crippen molar-refractivity contribution in [1.29, 1.82) is 0 Å². The second kappa shape index (κ2) is 3.95. The Morgan fingerprint density at radius 1 is 1.15 bits per heavy atom. The fraction of sp³-hybridized carbons (Fsp3) is 0.375. The maximum absolute atomic E-state index is 12.6. The van der Waals surface area contributed by atoms with Crippen molar-refractivity contribution < 1.29 is 0 Å². The van der Waals surface area contributed by atoms with Crippen molar-refractivity contribution >= 4 is 16.7 Å². The molecule has 20 heavy (non-hydrogen) atoms. The van der Waals surface area contributed by atoms with Gasteiger partial charge in [0, 0.05) is 18.4 Å². The minimum atomic E-state index is 0.0672. The SMILES string of the molecule is Cc1ccc2c(n1)n1c3c(cc1c(=O)n2C)CCCC3. The number of nitrogens with zero attached hydrogens (tertiary/aromatic N) is 3. The number of fused-ring (bicyclic) bond motifs is 5. The first kappa shape index (κ1) is 11.7. The molecule has 3 heterocycles. The largest absolute Gasteiger partial charge is 0.307 e. The van der Waals surface area contributed by atoms with E-state index < -0.39 is 0 Å². The van der Waals surface area contributed by atoms with Crippen molar-refractivity contribution in [3.63, 3.8) is 0 Å². The van der Waals surface area contributed by atoms with E-state index in [2.05, 4.69) is 15.5 Å². The summed E-state index contributed by atoms with van der Waals surface area (Å²) >= 11 is 0. The Balaban J connectivity index is 2.30. The van der Waals surface area contributed by atoms with E-state index in [0.717, 1.165) is 35.2 Å². The first-order valence-corrected chi connectivity index (χ1v) is 7.16. The predicted molar refractivity (Wildman–Crippen MR) is 79.3 cm³/mol. The Kier molecular flexibility index (Phi) is 2.31. The molecule has 4 heteroatoms. The topological polar surface area (TPSA) is 39.3 Å². The molecule has 3 aromatic heterocycles. The Hall–Kier alpha value is -2.10. The highest BCUT2D eigenvalue weighted by Crippen LogP contribution is 2.26. The van der Waals surface area contributed by atoms with E-state index in [1.54, 1.807) is 4.57 Å². The zero-order chi connectivity index (χ0) is 13.9. The van der Waals surface area contributed by atoms with Crippen LogP contribution in [0, 0.1) is 6.92 Å². The van der Waals surface area contributed by atoms with E-state index in [1.807, 2.05) is 26.1 Å². The normalized spacial score (nSPS) is 14.9. The molecule has 4 nitrogen and oxygen atoms in total. The van der Waals surface area contributed by atoms with Crippen molar-refractivity contribution in [3.8, 4) is 0 Å². The molecule has 0 saturated heterocycles. The van der Waals surface area contributed by atoms with E-state index in [-0.39, 0.29) is 5.56 Å². The first-order valence-electron chi connectivity index (χ1n) is 7.16. The monoisotopic (exact) mass is 267 g/mol. The molecule has 0 unspecified atom stereocenters. The summed E-state index contributed by atoms with van der Waals surface area (Å²) in [5.41, 5.74) is 6.23. The van der Waals surface area contributed by atoms with E-state index in [0.29, 0.717) is 0 Å². The molecular formula is C16H17N3O. The number of hydrogen-bond donors (Lipinski definition) is 0. The number of rotatable bonds is 0. The average Bonchev–Trinajstić information content (AvgIpc) is 2.84. The standard InChI is InChI=1S/C16H17N3O/c1-10-7-8-13-15(17-10)19-12-6-4-3-5-11(12)9-14(19)16(20)18(13)2/h7-9H,3-6H2,1-2H3. The van der Waals surface area contributed by atoms with Gasteiger partial charge in [0.2, 0.25) is 0 Å². The van der Waals surface area contributed by atoms with Crippen molar-refractivity contribution in [3.05, 3.63) is 45.5 Å². The van der Waals surface area contributed by atoms with E-state index in [4.69, 9.17) is 0 Å². The molecule has 0 saturated carbocycles. The summed E-state index contributed by atoms with van der Waals surface area (Å²) in [5, 5.41) is 0. The molecule has 0 aromatic carbocycles. The number of pyridine rings is 1. The lowest BCUT2D eigenvalue weighted by Crippen LogP contribution is -2.21. The van der Waals surface area contributed by atoms with Crippen LogP contribution in [0.4, 0.5) is 0 Å². The van der Waals surface area contributed by atoms with Crippen molar-refractivity contribution in [2.75, 3.05) is 0 Å². The van der Waals surface area contributed by atoms with Crippen LogP contribution in [0.5, 0.6) is 0 Å². The molecule has 4 rings (SSSR count). The highest BCUT2D eigenvalue weighted by atomic mass is 16.1. The molecule has 1 aliphatic rings. The molecule has 0 amide bonds. The zero-order valence-corrected chi connectivity index (χ0v) is 11.8. The van der Waals surface area contributed by atoms with Gasteiger partial charge in [0.15, 0.2) is 5.65 Å². The van der Waals surface area contributed by atoms with Gasteiger partial charge in [0.1, 0.15) is 5.52 Å². The molecule has 3 aromatic rings. The Morgan fingerprint density at radius 3 is 2.80 bits per heavy atom. The van der Waals surface area contributed by atoms with Gasteiger partial charge < -0.3 is 4.57 Å². The van der Waals surface area contributed by atoms with Gasteiger partial charge in [-0.25, -0.2) is 4.98 Å². The maximum atomic E-state index is 12.6. The van der Waals surface area contributed by atoms with E-state index in [9.17, 15) is 4.79 Å². The molecule has 1 aliphatic carbocycles. The van der Waals surface area contributed by atoms with Crippen molar-refractivity contribution in [1.82, 2.24) is 14.0 Å². The summed E-state index contributed by atoms with van der Waals surface area (Å²) in [6.45, 7) is 1.99. The summed E-state index contributed by atoms with van der Waals surface area (Å²) in [6.07, 6.45) is 4.53. The Labute approximate surface area is 116 Å². The third-order valence-electron chi connectivity index (χ3n) is 4.39. The van der Waals surface area contributed by atoms with Crippen LogP contribution in [-0.2, 0) is 19.9 Å². The molecule has 0 radical (unpaired) electrons. The molecule has 0 N–H and O–H groups in total. The fourth-order valence-corrected chi connectivity index (χ4v) is 3.34. The lowest BCUT2D eigenvalue weighted by Gasteiger charge is -2.14. The van der Waals surface area contributed by atoms with Crippen LogP contribution in [0.2, 0.25) is 0 Å². The van der Waals surface area contributed by atoms with Crippen LogP contribution < -0.4 is 5.56 Å². The van der Waals surface area contributed by atoms with Crippen LogP contribution in [0.15, 0.2) is 23.0 Å². The lowest BCUT2D eigenvalue weighted by molar-refractivity contribution is 0.670. The molecule has 102 valence electrons. The second-order valence-corrected chi connectivity index (χ2v) is 5.70. The second-order valence-electron chi connectivity index (χ2n) is 5.70. The van der Waals surface area contributed by atoms with Gasteiger partial charge in [0.05, 0.1) is 5.52 Å². The summed E-state index contributed by atoms with van der Waals surface area (Å²) in [7, 11) is 1.83. The fourth-order valence-electron chi connectivity index (χ4n) is 3.34. The lowest BCUT2D eigenvalue weighted by atomic mass is 9.98. The quantitative estimate of drug-likeness (QED) is 0.627.